The highest BCUT2D eigenvalue weighted by Crippen LogP contribution is 2.27. The van der Waals surface area contributed by atoms with Crippen molar-refractivity contribution in [2.75, 3.05) is 0 Å². The molecule has 1 rings (SSSR count). The average Bonchev–Trinajstić information content (AvgIpc) is 2.34. The quantitative estimate of drug-likeness (QED) is 0.485. The third kappa shape index (κ3) is 4.35. The van der Waals surface area contributed by atoms with Crippen molar-refractivity contribution in [3.63, 3.8) is 0 Å². The Balaban J connectivity index is 2.68. The first-order valence-corrected chi connectivity index (χ1v) is 6.41. The molecule has 0 aliphatic heterocycles. The minimum absolute atomic E-state index is 0.0521. The van der Waals surface area contributed by atoms with Crippen LogP contribution >= 0.6 is 11.9 Å². The third-order valence-corrected chi connectivity index (χ3v) is 3.20. The number of hydrogen-bond donors (Lipinski definition) is 1. The molecule has 0 saturated carbocycles. The van der Waals surface area contributed by atoms with Crippen molar-refractivity contribution in [2.24, 2.45) is 5.92 Å². The van der Waals surface area contributed by atoms with Crippen molar-refractivity contribution in [2.45, 2.75) is 31.2 Å². The van der Waals surface area contributed by atoms with E-state index in [0.29, 0.717) is 17.2 Å². The van der Waals surface area contributed by atoms with Gasteiger partial charge in [-0.2, -0.15) is 5.26 Å². The first kappa shape index (κ1) is 14.5. The maximum Gasteiger partial charge on any atom is 0.284 e. The topological polar surface area (TPSA) is 79.0 Å². The molecule has 0 aromatic heterocycles. The van der Waals surface area contributed by atoms with Gasteiger partial charge in [-0.1, -0.05) is 26.0 Å². The monoisotopic (exact) mass is 265 g/mol. The number of nitrogens with one attached hydrogen (secondary N) is 1. The highest BCUT2D eigenvalue weighted by molar-refractivity contribution is 7.97. The summed E-state index contributed by atoms with van der Waals surface area (Å²) in [6, 6.07) is 8.32. The molecular formula is C12H15N3O2S. The summed E-state index contributed by atoms with van der Waals surface area (Å²) in [7, 11) is 0. The van der Waals surface area contributed by atoms with E-state index in [9.17, 15) is 10.1 Å². The lowest BCUT2D eigenvalue weighted by molar-refractivity contribution is -0.387. The number of benzene rings is 1. The summed E-state index contributed by atoms with van der Waals surface area (Å²) in [5, 5.41) is 19.8. The number of rotatable bonds is 6. The summed E-state index contributed by atoms with van der Waals surface area (Å²) in [5.74, 6) is 0.397. The Kier molecular flexibility index (Phi) is 5.62. The molecule has 18 heavy (non-hydrogen) atoms. The largest absolute Gasteiger partial charge is 0.284 e. The zero-order valence-corrected chi connectivity index (χ0v) is 11.1. The van der Waals surface area contributed by atoms with Gasteiger partial charge >= 0.3 is 0 Å². The number of nitrogens with zero attached hydrogens (tertiary/aromatic N) is 2. The van der Waals surface area contributed by atoms with E-state index in [1.807, 2.05) is 13.8 Å². The van der Waals surface area contributed by atoms with Gasteiger partial charge in [-0.3, -0.25) is 10.1 Å². The lowest BCUT2D eigenvalue weighted by Crippen LogP contribution is -2.22. The fourth-order valence-corrected chi connectivity index (χ4v) is 2.24. The Hall–Kier alpha value is -1.58. The summed E-state index contributed by atoms with van der Waals surface area (Å²) in [5.41, 5.74) is 0.0521. The van der Waals surface area contributed by atoms with Gasteiger partial charge in [0, 0.05) is 6.07 Å². The van der Waals surface area contributed by atoms with Gasteiger partial charge in [-0.15, -0.1) is 0 Å². The Morgan fingerprint density at radius 3 is 2.72 bits per heavy atom. The number of nitriles is 1. The molecule has 0 heterocycles. The first-order valence-electron chi connectivity index (χ1n) is 5.60. The van der Waals surface area contributed by atoms with E-state index < -0.39 is 4.92 Å². The maximum atomic E-state index is 10.8. The van der Waals surface area contributed by atoms with Crippen LogP contribution in [0.1, 0.15) is 20.3 Å². The van der Waals surface area contributed by atoms with Crippen molar-refractivity contribution in [1.29, 1.82) is 5.26 Å². The van der Waals surface area contributed by atoms with E-state index in [1.165, 1.54) is 6.07 Å². The molecule has 0 saturated heterocycles. The highest BCUT2D eigenvalue weighted by Gasteiger charge is 2.15. The molecule has 0 amide bonds. The predicted molar refractivity (Wildman–Crippen MR) is 70.9 cm³/mol. The second-order valence-electron chi connectivity index (χ2n) is 4.26. The van der Waals surface area contributed by atoms with Crippen LogP contribution in [-0.2, 0) is 0 Å². The molecule has 1 unspecified atom stereocenters. The van der Waals surface area contributed by atoms with Crippen LogP contribution < -0.4 is 4.72 Å². The van der Waals surface area contributed by atoms with Crippen LogP contribution in [0.15, 0.2) is 29.2 Å². The smallest absolute Gasteiger partial charge is 0.258 e. The van der Waals surface area contributed by atoms with Gasteiger partial charge in [0.15, 0.2) is 0 Å². The van der Waals surface area contributed by atoms with Crippen LogP contribution in [0.5, 0.6) is 0 Å². The molecule has 1 aromatic carbocycles. The van der Waals surface area contributed by atoms with Crippen LogP contribution in [0.3, 0.4) is 0 Å². The lowest BCUT2D eigenvalue weighted by atomic mass is 10.1. The molecular weight excluding hydrogens is 250 g/mol. The van der Waals surface area contributed by atoms with E-state index >= 15 is 0 Å². The van der Waals surface area contributed by atoms with E-state index in [-0.39, 0.29) is 11.7 Å². The minimum atomic E-state index is -0.423. The minimum Gasteiger partial charge on any atom is -0.258 e. The Bertz CT molecular complexity index is 457. The molecule has 1 aromatic rings. The van der Waals surface area contributed by atoms with Crippen molar-refractivity contribution in [3.05, 3.63) is 34.4 Å². The molecule has 0 bridgehead atoms. The summed E-state index contributed by atoms with van der Waals surface area (Å²) >= 11 is 1.14. The first-order chi connectivity index (χ1) is 8.54. The van der Waals surface area contributed by atoms with Gasteiger partial charge in [-0.25, -0.2) is 4.72 Å². The van der Waals surface area contributed by atoms with Gasteiger partial charge < -0.3 is 0 Å². The molecule has 1 atom stereocenters. The average molecular weight is 265 g/mol. The normalized spacial score (nSPS) is 12.1. The SMILES string of the molecule is CC(C)CC(C#N)NSc1ccccc1[N+](=O)[O-]. The third-order valence-electron chi connectivity index (χ3n) is 2.24. The van der Waals surface area contributed by atoms with Gasteiger partial charge in [0.1, 0.15) is 10.9 Å². The summed E-state index contributed by atoms with van der Waals surface area (Å²) in [6.07, 6.45) is 0.712. The van der Waals surface area contributed by atoms with Gasteiger partial charge in [0.2, 0.25) is 0 Å². The number of nitro benzene ring substituents is 1. The second-order valence-corrected chi connectivity index (χ2v) is 5.14. The molecule has 0 aliphatic carbocycles. The molecule has 0 aliphatic rings. The van der Waals surface area contributed by atoms with Crippen molar-refractivity contribution in [3.8, 4) is 6.07 Å². The predicted octanol–water partition coefficient (Wildman–Crippen LogP) is 3.13. The molecule has 0 fully saturated rings. The van der Waals surface area contributed by atoms with Crippen LogP contribution in [-0.4, -0.2) is 11.0 Å². The zero-order valence-electron chi connectivity index (χ0n) is 10.3. The highest BCUT2D eigenvalue weighted by atomic mass is 32.2. The molecule has 6 heteroatoms. The molecule has 96 valence electrons. The second kappa shape index (κ2) is 6.99. The summed E-state index contributed by atoms with van der Waals surface area (Å²) in [6.45, 7) is 4.06. The van der Waals surface area contributed by atoms with Crippen LogP contribution in [0.25, 0.3) is 0 Å². The van der Waals surface area contributed by atoms with Gasteiger partial charge in [0.25, 0.3) is 5.69 Å². The van der Waals surface area contributed by atoms with Gasteiger partial charge in [-0.05, 0) is 30.4 Å². The number of para-hydroxylation sites is 1. The van der Waals surface area contributed by atoms with Crippen LogP contribution in [0, 0.1) is 27.4 Å². The number of nitro groups is 1. The Labute approximate surface area is 110 Å². The zero-order chi connectivity index (χ0) is 13.5. The Morgan fingerprint density at radius 2 is 2.17 bits per heavy atom. The van der Waals surface area contributed by atoms with Crippen molar-refractivity contribution >= 4 is 17.6 Å². The fraction of sp³-hybridized carbons (Fsp3) is 0.417. The standard InChI is InChI=1S/C12H15N3O2S/c1-9(2)7-10(8-13)14-18-12-6-4-3-5-11(12)15(16)17/h3-6,9-10,14H,7H2,1-2H3. The molecule has 0 spiro atoms. The lowest BCUT2D eigenvalue weighted by Gasteiger charge is -2.12. The Morgan fingerprint density at radius 1 is 1.50 bits per heavy atom. The molecule has 5 nitrogen and oxygen atoms in total. The van der Waals surface area contributed by atoms with E-state index in [1.54, 1.807) is 18.2 Å². The summed E-state index contributed by atoms with van der Waals surface area (Å²) in [4.78, 5) is 10.9. The molecule has 0 radical (unpaired) electrons. The van der Waals surface area contributed by atoms with E-state index in [4.69, 9.17) is 5.26 Å². The molecule has 1 N–H and O–H groups in total. The van der Waals surface area contributed by atoms with Crippen molar-refractivity contribution < 1.29 is 4.92 Å². The van der Waals surface area contributed by atoms with E-state index in [2.05, 4.69) is 10.8 Å². The van der Waals surface area contributed by atoms with E-state index in [0.717, 1.165) is 11.9 Å². The van der Waals surface area contributed by atoms with Crippen LogP contribution in [0.2, 0.25) is 0 Å². The maximum absolute atomic E-state index is 10.8. The van der Waals surface area contributed by atoms with Crippen molar-refractivity contribution in [1.82, 2.24) is 4.72 Å². The fourth-order valence-electron chi connectivity index (χ4n) is 1.43. The number of hydrogen-bond acceptors (Lipinski definition) is 5. The van der Waals surface area contributed by atoms with Crippen LogP contribution in [0.4, 0.5) is 5.69 Å². The van der Waals surface area contributed by atoms with Gasteiger partial charge in [0.05, 0.1) is 11.0 Å². The summed E-state index contributed by atoms with van der Waals surface area (Å²) < 4.78 is 2.96.